The van der Waals surface area contributed by atoms with Gasteiger partial charge in [-0.15, -0.1) is 0 Å². The lowest BCUT2D eigenvalue weighted by Gasteiger charge is -2.45. The molecule has 3 N–H and O–H groups in total. The summed E-state index contributed by atoms with van der Waals surface area (Å²) >= 11 is 0. The maximum atomic E-state index is 12.2. The summed E-state index contributed by atoms with van der Waals surface area (Å²) in [5.41, 5.74) is 2.51. The van der Waals surface area contributed by atoms with Gasteiger partial charge < -0.3 is 24.8 Å². The van der Waals surface area contributed by atoms with Crippen LogP contribution in [0.1, 0.15) is 60.3 Å². The van der Waals surface area contributed by atoms with Crippen LogP contribution < -0.4 is 0 Å². The van der Waals surface area contributed by atoms with Crippen LogP contribution in [-0.2, 0) is 14.3 Å². The molecule has 0 radical (unpaired) electrons. The van der Waals surface area contributed by atoms with Crippen LogP contribution in [0.25, 0.3) is 0 Å². The van der Waals surface area contributed by atoms with E-state index in [2.05, 4.69) is 0 Å². The van der Waals surface area contributed by atoms with Crippen LogP contribution in [0.3, 0.4) is 0 Å². The molecule has 0 aromatic rings. The molecule has 2 aliphatic heterocycles. The number of carbonyl (C=O) groups is 1. The minimum Gasteiger partial charge on any atom is -0.392 e. The molecule has 5 atom stereocenters. The minimum absolute atomic E-state index is 0.0844. The molecule has 2 heterocycles. The van der Waals surface area contributed by atoms with Crippen molar-refractivity contribution in [2.75, 3.05) is 6.61 Å². The Morgan fingerprint density at radius 1 is 1.29 bits per heavy atom. The van der Waals surface area contributed by atoms with Gasteiger partial charge in [0, 0.05) is 12.3 Å². The number of ether oxygens (including phenoxy) is 2. The second kappa shape index (κ2) is 9.12. The summed E-state index contributed by atoms with van der Waals surface area (Å²) in [4.78, 5) is 12.2. The molecule has 1 unspecified atom stereocenters. The summed E-state index contributed by atoms with van der Waals surface area (Å²) in [6, 6.07) is 0. The van der Waals surface area contributed by atoms with E-state index in [9.17, 15) is 20.1 Å². The van der Waals surface area contributed by atoms with Crippen molar-refractivity contribution in [3.63, 3.8) is 0 Å². The number of allylic oxidation sites excluding steroid dienone is 2. The molecule has 3 aliphatic rings. The molecule has 0 saturated carbocycles. The van der Waals surface area contributed by atoms with Gasteiger partial charge in [0.1, 0.15) is 0 Å². The standard InChI is InChI=1S/C25H36O6/c1-15(6-7-23(28)24(4,5)29)8-19-9-16(2)12-25(30-19)13-18(14-26)20-11-21(27)17(3)10-22(20)31-25/h8,10,12-13,19-20,22-23,26,28-29H,6-7,9,11,14H2,1-5H3/t19-,20-,22-,23?,25+/m1/s1. The van der Waals surface area contributed by atoms with E-state index in [1.807, 2.05) is 38.2 Å². The van der Waals surface area contributed by atoms with Gasteiger partial charge in [-0.1, -0.05) is 17.2 Å². The Morgan fingerprint density at radius 3 is 2.65 bits per heavy atom. The quantitative estimate of drug-likeness (QED) is 0.558. The zero-order valence-electron chi connectivity index (χ0n) is 19.2. The molecule has 0 bridgehead atoms. The van der Waals surface area contributed by atoms with Crippen LogP contribution in [0.2, 0.25) is 0 Å². The maximum Gasteiger partial charge on any atom is 0.209 e. The fourth-order valence-corrected chi connectivity index (χ4v) is 4.55. The number of fused-ring (bicyclic) bond motifs is 1. The first kappa shape index (κ1) is 24.1. The molecule has 1 aliphatic carbocycles. The summed E-state index contributed by atoms with van der Waals surface area (Å²) in [5, 5.41) is 30.0. The van der Waals surface area contributed by atoms with Gasteiger partial charge in [-0.3, -0.25) is 4.79 Å². The third kappa shape index (κ3) is 5.62. The monoisotopic (exact) mass is 432 g/mol. The summed E-state index contributed by atoms with van der Waals surface area (Å²) in [7, 11) is 0. The Hall–Kier alpha value is -1.57. The number of carbonyl (C=O) groups excluding carboxylic acids is 1. The van der Waals surface area contributed by atoms with E-state index in [0.717, 1.165) is 23.1 Å². The highest BCUT2D eigenvalue weighted by Crippen LogP contribution is 2.42. The molecular weight excluding hydrogens is 396 g/mol. The second-order valence-electron chi connectivity index (χ2n) is 9.84. The van der Waals surface area contributed by atoms with Crippen molar-refractivity contribution in [3.8, 4) is 0 Å². The number of aliphatic hydroxyl groups is 3. The number of rotatable bonds is 6. The molecular formula is C25H36O6. The normalized spacial score (nSPS) is 32.9. The molecule has 172 valence electrons. The lowest BCUT2D eigenvalue weighted by atomic mass is 9.79. The number of ketones is 1. The Balaban J connectivity index is 1.79. The summed E-state index contributed by atoms with van der Waals surface area (Å²) < 4.78 is 12.8. The van der Waals surface area contributed by atoms with Crippen LogP contribution in [0.5, 0.6) is 0 Å². The largest absolute Gasteiger partial charge is 0.392 e. The smallest absolute Gasteiger partial charge is 0.209 e. The van der Waals surface area contributed by atoms with Crippen molar-refractivity contribution < 1.29 is 29.6 Å². The highest BCUT2D eigenvalue weighted by Gasteiger charge is 2.45. The molecule has 0 amide bonds. The van der Waals surface area contributed by atoms with Crippen molar-refractivity contribution in [2.24, 2.45) is 5.92 Å². The zero-order valence-corrected chi connectivity index (χ0v) is 19.2. The second-order valence-corrected chi connectivity index (χ2v) is 9.84. The fourth-order valence-electron chi connectivity index (χ4n) is 4.55. The van der Waals surface area contributed by atoms with Crippen molar-refractivity contribution >= 4 is 5.78 Å². The van der Waals surface area contributed by atoms with E-state index in [1.165, 1.54) is 0 Å². The zero-order chi connectivity index (χ0) is 23.0. The van der Waals surface area contributed by atoms with Crippen LogP contribution in [0, 0.1) is 5.92 Å². The van der Waals surface area contributed by atoms with E-state index in [1.54, 1.807) is 20.8 Å². The molecule has 6 heteroatoms. The van der Waals surface area contributed by atoms with E-state index in [-0.39, 0.29) is 30.5 Å². The van der Waals surface area contributed by atoms with E-state index < -0.39 is 17.5 Å². The van der Waals surface area contributed by atoms with Crippen molar-refractivity contribution in [1.82, 2.24) is 0 Å². The number of hydrogen-bond acceptors (Lipinski definition) is 6. The Bertz CT molecular complexity index is 827. The van der Waals surface area contributed by atoms with Crippen LogP contribution in [0.15, 0.2) is 46.6 Å². The topological polar surface area (TPSA) is 96.2 Å². The van der Waals surface area contributed by atoms with E-state index in [4.69, 9.17) is 9.47 Å². The molecule has 1 spiro atoms. The summed E-state index contributed by atoms with van der Waals surface area (Å²) in [5.74, 6) is -1.15. The third-order valence-corrected chi connectivity index (χ3v) is 6.43. The average Bonchev–Trinajstić information content (AvgIpc) is 2.65. The average molecular weight is 433 g/mol. The number of aliphatic hydroxyl groups excluding tert-OH is 2. The fraction of sp³-hybridized carbons (Fsp3) is 0.640. The predicted octanol–water partition coefficient (Wildman–Crippen LogP) is 3.13. The lowest BCUT2D eigenvalue weighted by molar-refractivity contribution is -0.224. The number of hydrogen-bond donors (Lipinski definition) is 3. The van der Waals surface area contributed by atoms with Crippen molar-refractivity contribution in [3.05, 3.63) is 46.6 Å². The highest BCUT2D eigenvalue weighted by atomic mass is 16.7. The van der Waals surface area contributed by atoms with Gasteiger partial charge in [0.15, 0.2) is 5.78 Å². The SMILES string of the molecule is CC(=C[C@@H]1CC(C)=C[C@]2(C=C(CO)[C@H]3CC(=O)C(C)=C[C@H]3O2)O1)CCC(O)C(C)(C)O. The molecule has 0 fully saturated rings. The first-order chi connectivity index (χ1) is 14.4. The summed E-state index contributed by atoms with van der Waals surface area (Å²) in [6.07, 6.45) is 8.51. The molecule has 3 rings (SSSR count). The van der Waals surface area contributed by atoms with Gasteiger partial charge in [-0.25, -0.2) is 0 Å². The van der Waals surface area contributed by atoms with E-state index >= 15 is 0 Å². The van der Waals surface area contributed by atoms with E-state index in [0.29, 0.717) is 24.8 Å². The molecule has 31 heavy (non-hydrogen) atoms. The van der Waals surface area contributed by atoms with Gasteiger partial charge in [0.25, 0.3) is 0 Å². The maximum absolute atomic E-state index is 12.2. The molecule has 0 saturated heterocycles. The van der Waals surface area contributed by atoms with Crippen LogP contribution >= 0.6 is 0 Å². The Kier molecular flexibility index (Phi) is 7.08. The first-order valence-corrected chi connectivity index (χ1v) is 11.1. The summed E-state index contributed by atoms with van der Waals surface area (Å²) in [6.45, 7) is 8.89. The number of Topliss-reactive ketones (excluding diaryl/α,β-unsaturated/α-hetero) is 1. The lowest BCUT2D eigenvalue weighted by Crippen LogP contribution is -2.49. The van der Waals surface area contributed by atoms with Gasteiger partial charge >= 0.3 is 0 Å². The molecule has 6 nitrogen and oxygen atoms in total. The van der Waals surface area contributed by atoms with Gasteiger partial charge in [0.05, 0.1) is 30.5 Å². The highest BCUT2D eigenvalue weighted by molar-refractivity contribution is 5.96. The third-order valence-electron chi connectivity index (χ3n) is 6.43. The van der Waals surface area contributed by atoms with Gasteiger partial charge in [0.2, 0.25) is 5.79 Å². The van der Waals surface area contributed by atoms with Crippen LogP contribution in [0.4, 0.5) is 0 Å². The Morgan fingerprint density at radius 2 is 2.00 bits per heavy atom. The first-order valence-electron chi connectivity index (χ1n) is 11.1. The molecule has 0 aromatic carbocycles. The van der Waals surface area contributed by atoms with Crippen molar-refractivity contribution in [2.45, 2.75) is 90.0 Å². The van der Waals surface area contributed by atoms with Gasteiger partial charge in [-0.05, 0) is 83.3 Å². The predicted molar refractivity (Wildman–Crippen MR) is 118 cm³/mol. The van der Waals surface area contributed by atoms with Gasteiger partial charge in [-0.2, -0.15) is 0 Å². The van der Waals surface area contributed by atoms with Crippen LogP contribution in [-0.4, -0.2) is 57.4 Å². The minimum atomic E-state index is -1.13. The molecule has 0 aromatic heterocycles. The Labute approximate surface area is 184 Å². The van der Waals surface area contributed by atoms with Crippen molar-refractivity contribution in [1.29, 1.82) is 0 Å².